The maximum Gasteiger partial charge on any atom is 0.224 e. The second-order valence-corrected chi connectivity index (χ2v) is 5.77. The van der Waals surface area contributed by atoms with Crippen LogP contribution >= 0.6 is 0 Å². The van der Waals surface area contributed by atoms with Crippen LogP contribution in [0.25, 0.3) is 0 Å². The van der Waals surface area contributed by atoms with Gasteiger partial charge >= 0.3 is 0 Å². The Kier molecular flexibility index (Phi) is 4.05. The van der Waals surface area contributed by atoms with Crippen LogP contribution < -0.4 is 5.32 Å². The number of rotatable bonds is 5. The fourth-order valence-corrected chi connectivity index (χ4v) is 3.03. The molecule has 0 saturated carbocycles. The summed E-state index contributed by atoms with van der Waals surface area (Å²) in [5.41, 5.74) is 0. The summed E-state index contributed by atoms with van der Waals surface area (Å²) in [6.45, 7) is 4.31. The molecule has 2 rings (SSSR count). The van der Waals surface area contributed by atoms with Crippen molar-refractivity contribution in [2.75, 3.05) is 27.2 Å². The van der Waals surface area contributed by atoms with Gasteiger partial charge < -0.3 is 15.1 Å². The molecule has 2 aliphatic heterocycles. The Morgan fingerprint density at radius 1 is 1.53 bits per heavy atom. The molecule has 0 radical (unpaired) electrons. The second-order valence-electron chi connectivity index (χ2n) is 5.77. The van der Waals surface area contributed by atoms with Crippen molar-refractivity contribution in [1.82, 2.24) is 15.1 Å². The number of nitrogens with one attached hydrogen (secondary N) is 1. The molecular formula is C13H25N3O. The fraction of sp³-hybridized carbons (Fsp3) is 0.923. The summed E-state index contributed by atoms with van der Waals surface area (Å²) in [4.78, 5) is 16.1. The van der Waals surface area contributed by atoms with Crippen molar-refractivity contribution < 1.29 is 4.79 Å². The van der Waals surface area contributed by atoms with Gasteiger partial charge in [-0.25, -0.2) is 0 Å². The summed E-state index contributed by atoms with van der Waals surface area (Å²) >= 11 is 0. The first-order valence-corrected chi connectivity index (χ1v) is 6.78. The first-order valence-electron chi connectivity index (χ1n) is 6.78. The largest absolute Gasteiger partial charge is 0.338 e. The van der Waals surface area contributed by atoms with Crippen LogP contribution in [0.2, 0.25) is 0 Å². The number of hydrogen-bond acceptors (Lipinski definition) is 3. The van der Waals surface area contributed by atoms with Crippen molar-refractivity contribution >= 4 is 5.91 Å². The van der Waals surface area contributed by atoms with Crippen molar-refractivity contribution in [2.24, 2.45) is 0 Å². The minimum Gasteiger partial charge on any atom is -0.338 e. The van der Waals surface area contributed by atoms with E-state index >= 15 is 0 Å². The highest BCUT2D eigenvalue weighted by atomic mass is 16.2. The molecule has 1 N–H and O–H groups in total. The highest BCUT2D eigenvalue weighted by Gasteiger charge is 2.42. The normalized spacial score (nSPS) is 30.1. The summed E-state index contributed by atoms with van der Waals surface area (Å²) in [6, 6.07) is 1.36. The Morgan fingerprint density at radius 2 is 2.29 bits per heavy atom. The average Bonchev–Trinajstić information content (AvgIpc) is 2.82. The van der Waals surface area contributed by atoms with Gasteiger partial charge in [-0.1, -0.05) is 0 Å². The molecule has 1 amide bonds. The number of amides is 1. The number of carbonyl (C=O) groups excluding carboxylic acids is 1. The summed E-state index contributed by atoms with van der Waals surface area (Å²) in [6.07, 6.45) is 4.21. The molecule has 0 aromatic heterocycles. The van der Waals surface area contributed by atoms with Crippen molar-refractivity contribution in [3.05, 3.63) is 0 Å². The van der Waals surface area contributed by atoms with Gasteiger partial charge in [-0.05, 0) is 46.8 Å². The molecule has 2 heterocycles. The van der Waals surface area contributed by atoms with E-state index in [4.69, 9.17) is 0 Å². The third kappa shape index (κ3) is 2.99. The van der Waals surface area contributed by atoms with Gasteiger partial charge in [0.25, 0.3) is 0 Å². The molecular weight excluding hydrogens is 214 g/mol. The standard InChI is InChI=1S/C13H25N3O/c1-10(6-8-15(2)3)14-11-9-13(17)16-7-4-5-12(11)16/h10-12,14H,4-9H2,1-3H3. The van der Waals surface area contributed by atoms with Crippen LogP contribution in [0.4, 0.5) is 0 Å². The topological polar surface area (TPSA) is 35.6 Å². The van der Waals surface area contributed by atoms with Crippen LogP contribution in [0.1, 0.15) is 32.6 Å². The monoisotopic (exact) mass is 239 g/mol. The van der Waals surface area contributed by atoms with E-state index in [2.05, 4.69) is 36.1 Å². The van der Waals surface area contributed by atoms with Gasteiger partial charge in [-0.2, -0.15) is 0 Å². The van der Waals surface area contributed by atoms with E-state index in [0.717, 1.165) is 19.5 Å². The fourth-order valence-electron chi connectivity index (χ4n) is 3.03. The van der Waals surface area contributed by atoms with Crippen LogP contribution in [0.15, 0.2) is 0 Å². The Labute approximate surface area is 104 Å². The third-order valence-electron chi connectivity index (χ3n) is 3.99. The maximum absolute atomic E-state index is 11.8. The summed E-state index contributed by atoms with van der Waals surface area (Å²) in [7, 11) is 4.20. The zero-order valence-electron chi connectivity index (χ0n) is 11.3. The van der Waals surface area contributed by atoms with Crippen LogP contribution in [-0.2, 0) is 4.79 Å². The van der Waals surface area contributed by atoms with E-state index in [0.29, 0.717) is 30.5 Å². The number of fused-ring (bicyclic) bond motifs is 1. The van der Waals surface area contributed by atoms with E-state index in [9.17, 15) is 4.79 Å². The van der Waals surface area contributed by atoms with Gasteiger partial charge in [0.05, 0.1) is 0 Å². The Morgan fingerprint density at radius 3 is 3.00 bits per heavy atom. The van der Waals surface area contributed by atoms with Crippen molar-refractivity contribution in [3.63, 3.8) is 0 Å². The third-order valence-corrected chi connectivity index (χ3v) is 3.99. The predicted molar refractivity (Wildman–Crippen MR) is 68.9 cm³/mol. The van der Waals surface area contributed by atoms with Crippen molar-refractivity contribution in [1.29, 1.82) is 0 Å². The Bertz CT molecular complexity index is 280. The average molecular weight is 239 g/mol. The lowest BCUT2D eigenvalue weighted by molar-refractivity contribution is -0.127. The van der Waals surface area contributed by atoms with E-state index in [-0.39, 0.29) is 0 Å². The predicted octanol–water partition coefficient (Wildman–Crippen LogP) is 0.680. The maximum atomic E-state index is 11.8. The molecule has 17 heavy (non-hydrogen) atoms. The van der Waals surface area contributed by atoms with Crippen LogP contribution in [0, 0.1) is 0 Å². The smallest absolute Gasteiger partial charge is 0.224 e. The summed E-state index contributed by atoms with van der Waals surface area (Å²) in [5.74, 6) is 0.352. The van der Waals surface area contributed by atoms with E-state index in [1.165, 1.54) is 12.8 Å². The highest BCUT2D eigenvalue weighted by molar-refractivity contribution is 5.80. The lowest BCUT2D eigenvalue weighted by atomic mass is 10.0. The van der Waals surface area contributed by atoms with Gasteiger partial charge in [0.15, 0.2) is 0 Å². The SMILES string of the molecule is CC(CCN(C)C)NC1CC(=O)N2CCCC12. The van der Waals surface area contributed by atoms with Crippen LogP contribution in [-0.4, -0.2) is 61.0 Å². The van der Waals surface area contributed by atoms with E-state index < -0.39 is 0 Å². The highest BCUT2D eigenvalue weighted by Crippen LogP contribution is 2.29. The number of nitrogens with zero attached hydrogens (tertiary/aromatic N) is 2. The molecule has 4 heteroatoms. The molecule has 2 fully saturated rings. The minimum atomic E-state index is 0.352. The van der Waals surface area contributed by atoms with Crippen molar-refractivity contribution in [3.8, 4) is 0 Å². The number of hydrogen-bond donors (Lipinski definition) is 1. The molecule has 3 atom stereocenters. The first-order chi connectivity index (χ1) is 8.08. The molecule has 0 spiro atoms. The second kappa shape index (κ2) is 5.36. The Balaban J connectivity index is 1.81. The molecule has 98 valence electrons. The Hall–Kier alpha value is -0.610. The summed E-state index contributed by atoms with van der Waals surface area (Å²) in [5, 5.41) is 3.65. The van der Waals surface area contributed by atoms with Gasteiger partial charge in [0, 0.05) is 31.1 Å². The molecule has 3 unspecified atom stereocenters. The van der Waals surface area contributed by atoms with Gasteiger partial charge in [0.2, 0.25) is 5.91 Å². The van der Waals surface area contributed by atoms with Crippen molar-refractivity contribution in [2.45, 2.75) is 50.7 Å². The molecule has 0 aliphatic carbocycles. The van der Waals surface area contributed by atoms with Crippen LogP contribution in [0.5, 0.6) is 0 Å². The van der Waals surface area contributed by atoms with E-state index in [1.807, 2.05) is 0 Å². The van der Waals surface area contributed by atoms with Gasteiger partial charge in [-0.15, -0.1) is 0 Å². The molecule has 2 saturated heterocycles. The van der Waals surface area contributed by atoms with E-state index in [1.54, 1.807) is 0 Å². The minimum absolute atomic E-state index is 0.352. The molecule has 0 aromatic rings. The van der Waals surface area contributed by atoms with Crippen LogP contribution in [0.3, 0.4) is 0 Å². The van der Waals surface area contributed by atoms with Gasteiger partial charge in [0.1, 0.15) is 0 Å². The molecule has 0 bridgehead atoms. The molecule has 2 aliphatic rings. The lowest BCUT2D eigenvalue weighted by Crippen LogP contribution is -2.44. The van der Waals surface area contributed by atoms with Gasteiger partial charge in [-0.3, -0.25) is 4.79 Å². The zero-order valence-corrected chi connectivity index (χ0v) is 11.3. The molecule has 4 nitrogen and oxygen atoms in total. The zero-order chi connectivity index (χ0) is 12.4. The molecule has 0 aromatic carbocycles. The number of carbonyl (C=O) groups is 1. The first kappa shape index (κ1) is 12.8. The summed E-state index contributed by atoms with van der Waals surface area (Å²) < 4.78 is 0. The quantitative estimate of drug-likeness (QED) is 0.766. The lowest BCUT2D eigenvalue weighted by Gasteiger charge is -2.25.